The lowest BCUT2D eigenvalue weighted by molar-refractivity contribution is -0.129. The highest BCUT2D eigenvalue weighted by Gasteiger charge is 2.21. The number of carbonyl (C=O) groups excluding carboxylic acids is 3. The van der Waals surface area contributed by atoms with E-state index in [-0.39, 0.29) is 30.6 Å². The fraction of sp³-hybridized carbons (Fsp3) is 0.375. The van der Waals surface area contributed by atoms with Crippen LogP contribution >= 0.6 is 12.2 Å². The Kier molecular flexibility index (Phi) is 11.0. The molecule has 2 aromatic rings. The standard InChI is InChI=1S/C24H30N4O3S/c1-18(32)26-15-6-5-11-21(28-23(30)13-12-19-8-7-14-25-16-19)24(31)27-17-22(29)20-9-3-2-4-10-20/h2-4,7-10,14,16,21H,5-6,11-13,15,17H2,1H3,(H,26,32)(H,27,31)(H,28,30)/t21-/m0/s1. The van der Waals surface area contributed by atoms with Crippen molar-refractivity contribution in [3.05, 3.63) is 66.0 Å². The Bertz CT molecular complexity index is 891. The summed E-state index contributed by atoms with van der Waals surface area (Å²) in [5, 5.41) is 8.57. The smallest absolute Gasteiger partial charge is 0.242 e. The van der Waals surface area contributed by atoms with Gasteiger partial charge < -0.3 is 16.0 Å². The van der Waals surface area contributed by atoms with Crippen molar-refractivity contribution in [2.45, 2.75) is 45.1 Å². The summed E-state index contributed by atoms with van der Waals surface area (Å²) in [6.45, 7) is 2.42. The number of rotatable bonds is 13. The van der Waals surface area contributed by atoms with Crippen molar-refractivity contribution in [3.63, 3.8) is 0 Å². The maximum atomic E-state index is 12.7. The third kappa shape index (κ3) is 9.78. The molecule has 0 aliphatic carbocycles. The van der Waals surface area contributed by atoms with Gasteiger partial charge >= 0.3 is 0 Å². The summed E-state index contributed by atoms with van der Waals surface area (Å²) in [5.41, 5.74) is 1.49. The van der Waals surface area contributed by atoms with Crippen molar-refractivity contribution in [2.24, 2.45) is 0 Å². The van der Waals surface area contributed by atoms with Crippen molar-refractivity contribution in [1.29, 1.82) is 0 Å². The number of thiocarbonyl (C=S) groups is 1. The maximum absolute atomic E-state index is 12.7. The van der Waals surface area contributed by atoms with E-state index in [1.165, 1.54) is 0 Å². The Labute approximate surface area is 194 Å². The fourth-order valence-electron chi connectivity index (χ4n) is 3.09. The van der Waals surface area contributed by atoms with Gasteiger partial charge in [0.15, 0.2) is 5.78 Å². The fourth-order valence-corrected chi connectivity index (χ4v) is 3.20. The Morgan fingerprint density at radius 2 is 1.81 bits per heavy atom. The molecule has 0 fully saturated rings. The number of carbonyl (C=O) groups is 3. The van der Waals surface area contributed by atoms with Crippen LogP contribution in [0.4, 0.5) is 0 Å². The first kappa shape index (κ1) is 25.1. The highest BCUT2D eigenvalue weighted by molar-refractivity contribution is 7.80. The van der Waals surface area contributed by atoms with Crippen molar-refractivity contribution in [3.8, 4) is 0 Å². The van der Waals surface area contributed by atoms with E-state index in [1.807, 2.05) is 25.1 Å². The van der Waals surface area contributed by atoms with Crippen molar-refractivity contribution in [1.82, 2.24) is 20.9 Å². The molecule has 1 aromatic heterocycles. The van der Waals surface area contributed by atoms with Gasteiger partial charge in [-0.05, 0) is 44.2 Å². The normalized spacial score (nSPS) is 11.3. The lowest BCUT2D eigenvalue weighted by Gasteiger charge is -2.18. The van der Waals surface area contributed by atoms with E-state index >= 15 is 0 Å². The topological polar surface area (TPSA) is 100 Å². The Balaban J connectivity index is 1.87. The molecule has 7 nitrogen and oxygen atoms in total. The second-order valence-electron chi connectivity index (χ2n) is 7.47. The second-order valence-corrected chi connectivity index (χ2v) is 8.08. The summed E-state index contributed by atoms with van der Waals surface area (Å²) in [6.07, 6.45) is 6.21. The molecule has 32 heavy (non-hydrogen) atoms. The lowest BCUT2D eigenvalue weighted by Crippen LogP contribution is -2.48. The SMILES string of the molecule is CC(=S)NCCCC[C@H](NC(=O)CCc1cccnc1)C(=O)NCC(=O)c1ccccc1. The van der Waals surface area contributed by atoms with Crippen LogP contribution in [0.1, 0.15) is 48.5 Å². The van der Waals surface area contributed by atoms with Gasteiger partial charge in [-0.1, -0.05) is 48.6 Å². The predicted molar refractivity (Wildman–Crippen MR) is 128 cm³/mol. The molecule has 1 atom stereocenters. The van der Waals surface area contributed by atoms with Crippen LogP contribution in [-0.4, -0.2) is 46.7 Å². The highest BCUT2D eigenvalue weighted by atomic mass is 32.1. The number of Topliss-reactive ketones (excluding diaryl/α,β-unsaturated/α-hetero) is 1. The van der Waals surface area contributed by atoms with Gasteiger partial charge in [0.05, 0.1) is 11.5 Å². The third-order valence-electron chi connectivity index (χ3n) is 4.83. The number of aromatic nitrogens is 1. The van der Waals surface area contributed by atoms with Gasteiger partial charge in [-0.3, -0.25) is 19.4 Å². The van der Waals surface area contributed by atoms with E-state index in [4.69, 9.17) is 12.2 Å². The molecule has 0 aliphatic heterocycles. The number of aryl methyl sites for hydroxylation is 1. The van der Waals surface area contributed by atoms with Crippen LogP contribution in [0.2, 0.25) is 0 Å². The Morgan fingerprint density at radius 1 is 1.03 bits per heavy atom. The molecule has 0 bridgehead atoms. The summed E-state index contributed by atoms with van der Waals surface area (Å²) in [6, 6.07) is 11.8. The van der Waals surface area contributed by atoms with Gasteiger partial charge in [-0.15, -0.1) is 0 Å². The van der Waals surface area contributed by atoms with Crippen LogP contribution in [0, 0.1) is 0 Å². The van der Waals surface area contributed by atoms with Crippen LogP contribution in [-0.2, 0) is 16.0 Å². The zero-order valence-electron chi connectivity index (χ0n) is 18.3. The van der Waals surface area contributed by atoms with Crippen LogP contribution in [0.5, 0.6) is 0 Å². The molecule has 3 N–H and O–H groups in total. The number of hydrogen-bond donors (Lipinski definition) is 3. The zero-order chi connectivity index (χ0) is 23.2. The van der Waals surface area contributed by atoms with E-state index < -0.39 is 6.04 Å². The molecule has 2 rings (SSSR count). The predicted octanol–water partition coefficient (Wildman–Crippen LogP) is 2.61. The number of ketones is 1. The molecule has 8 heteroatoms. The number of amides is 2. The average Bonchev–Trinajstić information content (AvgIpc) is 2.81. The number of nitrogens with zero attached hydrogens (tertiary/aromatic N) is 1. The summed E-state index contributed by atoms with van der Waals surface area (Å²) >= 11 is 5.00. The van der Waals surface area contributed by atoms with Crippen LogP contribution in [0.25, 0.3) is 0 Å². The summed E-state index contributed by atoms with van der Waals surface area (Å²) in [4.78, 5) is 42.3. The highest BCUT2D eigenvalue weighted by Crippen LogP contribution is 2.05. The molecule has 0 unspecified atom stereocenters. The summed E-state index contributed by atoms with van der Waals surface area (Å²) in [7, 11) is 0. The Hall–Kier alpha value is -3.13. The molecule has 2 amide bonds. The minimum atomic E-state index is -0.700. The molecule has 0 radical (unpaired) electrons. The van der Waals surface area contributed by atoms with Gasteiger partial charge in [-0.2, -0.15) is 0 Å². The van der Waals surface area contributed by atoms with E-state index in [1.54, 1.807) is 36.7 Å². The van der Waals surface area contributed by atoms with Crippen LogP contribution < -0.4 is 16.0 Å². The number of unbranched alkanes of at least 4 members (excludes halogenated alkanes) is 1. The molecule has 0 aliphatic rings. The molecule has 0 saturated heterocycles. The van der Waals surface area contributed by atoms with Gasteiger partial charge in [0.1, 0.15) is 6.04 Å². The number of hydrogen-bond acceptors (Lipinski definition) is 5. The minimum Gasteiger partial charge on any atom is -0.380 e. The van der Waals surface area contributed by atoms with Gasteiger partial charge in [-0.25, -0.2) is 0 Å². The van der Waals surface area contributed by atoms with Gasteiger partial charge in [0, 0.05) is 30.9 Å². The summed E-state index contributed by atoms with van der Waals surface area (Å²) < 4.78 is 0. The molecule has 170 valence electrons. The lowest BCUT2D eigenvalue weighted by atomic mass is 10.1. The summed E-state index contributed by atoms with van der Waals surface area (Å²) in [5.74, 6) is -0.750. The van der Waals surface area contributed by atoms with Crippen molar-refractivity contribution in [2.75, 3.05) is 13.1 Å². The van der Waals surface area contributed by atoms with E-state index in [0.29, 0.717) is 24.9 Å². The van der Waals surface area contributed by atoms with Crippen molar-refractivity contribution < 1.29 is 14.4 Å². The number of benzene rings is 1. The first-order chi connectivity index (χ1) is 15.5. The number of nitrogens with one attached hydrogen (secondary N) is 3. The second kappa shape index (κ2) is 14.0. The molecular weight excluding hydrogens is 424 g/mol. The average molecular weight is 455 g/mol. The molecule has 1 aromatic carbocycles. The first-order valence-corrected chi connectivity index (χ1v) is 11.1. The first-order valence-electron chi connectivity index (χ1n) is 10.7. The van der Waals surface area contributed by atoms with Crippen LogP contribution in [0.15, 0.2) is 54.9 Å². The molecule has 0 spiro atoms. The zero-order valence-corrected chi connectivity index (χ0v) is 19.1. The molecular formula is C24H30N4O3S. The molecule has 0 saturated carbocycles. The van der Waals surface area contributed by atoms with E-state index in [9.17, 15) is 14.4 Å². The van der Waals surface area contributed by atoms with Crippen molar-refractivity contribution >= 4 is 34.8 Å². The molecule has 1 heterocycles. The largest absolute Gasteiger partial charge is 0.380 e. The maximum Gasteiger partial charge on any atom is 0.242 e. The van der Waals surface area contributed by atoms with Gasteiger partial charge in [0.25, 0.3) is 0 Å². The number of pyridine rings is 1. The third-order valence-corrected chi connectivity index (χ3v) is 4.97. The quantitative estimate of drug-likeness (QED) is 0.244. The van der Waals surface area contributed by atoms with Crippen LogP contribution in [0.3, 0.4) is 0 Å². The Morgan fingerprint density at radius 3 is 2.50 bits per heavy atom. The van der Waals surface area contributed by atoms with E-state index in [0.717, 1.165) is 23.4 Å². The van der Waals surface area contributed by atoms with Gasteiger partial charge in [0.2, 0.25) is 11.8 Å². The monoisotopic (exact) mass is 454 g/mol. The van der Waals surface area contributed by atoms with E-state index in [2.05, 4.69) is 20.9 Å². The minimum absolute atomic E-state index is 0.115.